The molecule has 2 rings (SSSR count). The second kappa shape index (κ2) is 6.90. The molecular formula is C14H21NO2S. The predicted molar refractivity (Wildman–Crippen MR) is 76.7 cm³/mol. The van der Waals surface area contributed by atoms with E-state index >= 15 is 0 Å². The minimum atomic E-state index is 0.648. The summed E-state index contributed by atoms with van der Waals surface area (Å²) >= 11 is 1.91. The van der Waals surface area contributed by atoms with Crippen molar-refractivity contribution in [3.63, 3.8) is 0 Å². The second-order valence-corrected chi connectivity index (χ2v) is 5.77. The number of hydrogen-bond acceptors (Lipinski definition) is 4. The van der Waals surface area contributed by atoms with Crippen LogP contribution in [0.5, 0.6) is 11.5 Å². The van der Waals surface area contributed by atoms with Gasteiger partial charge in [0.25, 0.3) is 0 Å². The first kappa shape index (κ1) is 13.6. The van der Waals surface area contributed by atoms with Gasteiger partial charge in [0.05, 0.1) is 0 Å². The molecule has 0 saturated heterocycles. The van der Waals surface area contributed by atoms with Crippen LogP contribution < -0.4 is 14.8 Å². The molecule has 100 valence electrons. The van der Waals surface area contributed by atoms with E-state index in [4.69, 9.17) is 9.47 Å². The molecule has 1 aromatic rings. The third-order valence-corrected chi connectivity index (χ3v) is 4.11. The molecule has 3 nitrogen and oxygen atoms in total. The van der Waals surface area contributed by atoms with Gasteiger partial charge in [0, 0.05) is 11.8 Å². The molecule has 4 heteroatoms. The highest BCUT2D eigenvalue weighted by molar-refractivity contribution is 7.99. The molecule has 0 aliphatic carbocycles. The molecule has 0 aromatic heterocycles. The molecule has 1 heterocycles. The molecule has 18 heavy (non-hydrogen) atoms. The zero-order chi connectivity index (χ0) is 12.8. The zero-order valence-electron chi connectivity index (χ0n) is 11.1. The van der Waals surface area contributed by atoms with E-state index in [1.165, 1.54) is 12.0 Å². The van der Waals surface area contributed by atoms with Crippen LogP contribution in [-0.4, -0.2) is 31.3 Å². The van der Waals surface area contributed by atoms with Crippen molar-refractivity contribution in [2.45, 2.75) is 25.1 Å². The minimum Gasteiger partial charge on any atom is -0.486 e. The molecule has 1 N–H and O–H groups in total. The maximum absolute atomic E-state index is 5.57. The van der Waals surface area contributed by atoms with E-state index in [1.54, 1.807) is 0 Å². The second-order valence-electron chi connectivity index (χ2n) is 4.49. The standard InChI is InChI=1S/C14H21NO2S/c1-11(18-2)5-6-15-10-12-3-4-13-14(9-12)17-8-7-16-13/h3-4,9,11,15H,5-8,10H2,1-2H3. The van der Waals surface area contributed by atoms with Crippen molar-refractivity contribution in [2.75, 3.05) is 26.0 Å². The van der Waals surface area contributed by atoms with Gasteiger partial charge < -0.3 is 14.8 Å². The molecule has 0 spiro atoms. The van der Waals surface area contributed by atoms with Gasteiger partial charge >= 0.3 is 0 Å². The number of hydrogen-bond donors (Lipinski definition) is 1. The molecule has 0 bridgehead atoms. The summed E-state index contributed by atoms with van der Waals surface area (Å²) in [4.78, 5) is 0. The summed E-state index contributed by atoms with van der Waals surface area (Å²) in [5.41, 5.74) is 1.25. The Bertz CT molecular complexity index is 384. The third kappa shape index (κ3) is 3.82. The lowest BCUT2D eigenvalue weighted by Gasteiger charge is -2.19. The van der Waals surface area contributed by atoms with E-state index in [0.29, 0.717) is 13.2 Å². The van der Waals surface area contributed by atoms with Gasteiger partial charge in [0.1, 0.15) is 13.2 Å². The Kier molecular flexibility index (Phi) is 5.20. The van der Waals surface area contributed by atoms with Crippen LogP contribution in [0.2, 0.25) is 0 Å². The number of thioether (sulfide) groups is 1. The first-order valence-corrected chi connectivity index (χ1v) is 7.70. The Morgan fingerprint density at radius 2 is 2.06 bits per heavy atom. The van der Waals surface area contributed by atoms with Crippen molar-refractivity contribution in [1.29, 1.82) is 0 Å². The zero-order valence-corrected chi connectivity index (χ0v) is 11.9. The number of benzene rings is 1. The summed E-state index contributed by atoms with van der Waals surface area (Å²) in [5.74, 6) is 1.74. The number of ether oxygens (including phenoxy) is 2. The Hall–Kier alpha value is -0.870. The lowest BCUT2D eigenvalue weighted by Crippen LogP contribution is -2.18. The number of rotatable bonds is 6. The highest BCUT2D eigenvalue weighted by Gasteiger charge is 2.11. The minimum absolute atomic E-state index is 0.648. The predicted octanol–water partition coefficient (Wildman–Crippen LogP) is 2.69. The molecule has 1 aliphatic heterocycles. The molecule has 0 amide bonds. The summed E-state index contributed by atoms with van der Waals surface area (Å²) in [6, 6.07) is 6.16. The fraction of sp³-hybridized carbons (Fsp3) is 0.571. The molecule has 0 saturated carbocycles. The lowest BCUT2D eigenvalue weighted by molar-refractivity contribution is 0.171. The van der Waals surface area contributed by atoms with Gasteiger partial charge in [-0.15, -0.1) is 0 Å². The third-order valence-electron chi connectivity index (χ3n) is 3.07. The smallest absolute Gasteiger partial charge is 0.161 e. The highest BCUT2D eigenvalue weighted by atomic mass is 32.2. The SMILES string of the molecule is CSC(C)CCNCc1ccc2c(c1)OCCO2. The van der Waals surface area contributed by atoms with Crippen LogP contribution in [0.25, 0.3) is 0 Å². The molecule has 0 radical (unpaired) electrons. The molecule has 1 aromatic carbocycles. The van der Waals surface area contributed by atoms with Crippen LogP contribution >= 0.6 is 11.8 Å². The maximum atomic E-state index is 5.57. The summed E-state index contributed by atoms with van der Waals surface area (Å²) in [6.07, 6.45) is 3.36. The Morgan fingerprint density at radius 3 is 2.83 bits per heavy atom. The Balaban J connectivity index is 1.79. The molecule has 1 atom stereocenters. The van der Waals surface area contributed by atoms with Crippen LogP contribution in [-0.2, 0) is 6.54 Å². The fourth-order valence-electron chi connectivity index (χ4n) is 1.85. The number of fused-ring (bicyclic) bond motifs is 1. The van der Waals surface area contributed by atoms with E-state index in [1.807, 2.05) is 17.8 Å². The van der Waals surface area contributed by atoms with Crippen LogP contribution in [0, 0.1) is 0 Å². The average molecular weight is 267 g/mol. The molecule has 0 fully saturated rings. The van der Waals surface area contributed by atoms with Gasteiger partial charge in [-0.3, -0.25) is 0 Å². The quantitative estimate of drug-likeness (QED) is 0.803. The summed E-state index contributed by atoms with van der Waals surface area (Å²) < 4.78 is 11.1. The molecule has 1 aliphatic rings. The van der Waals surface area contributed by atoms with Gasteiger partial charge in [0.15, 0.2) is 11.5 Å². The van der Waals surface area contributed by atoms with E-state index in [0.717, 1.165) is 29.8 Å². The van der Waals surface area contributed by atoms with Gasteiger partial charge in [-0.2, -0.15) is 11.8 Å². The van der Waals surface area contributed by atoms with Crippen LogP contribution in [0.4, 0.5) is 0 Å². The molecular weight excluding hydrogens is 246 g/mol. The largest absolute Gasteiger partial charge is 0.486 e. The van der Waals surface area contributed by atoms with Crippen molar-refractivity contribution in [1.82, 2.24) is 5.32 Å². The van der Waals surface area contributed by atoms with E-state index in [-0.39, 0.29) is 0 Å². The van der Waals surface area contributed by atoms with E-state index in [2.05, 4.69) is 30.6 Å². The number of nitrogens with one attached hydrogen (secondary N) is 1. The van der Waals surface area contributed by atoms with Crippen LogP contribution in [0.15, 0.2) is 18.2 Å². The fourth-order valence-corrected chi connectivity index (χ4v) is 2.21. The highest BCUT2D eigenvalue weighted by Crippen LogP contribution is 2.30. The topological polar surface area (TPSA) is 30.5 Å². The van der Waals surface area contributed by atoms with Crippen molar-refractivity contribution in [3.05, 3.63) is 23.8 Å². The summed E-state index contributed by atoms with van der Waals surface area (Å²) in [5, 5.41) is 4.18. The van der Waals surface area contributed by atoms with Gasteiger partial charge in [0.2, 0.25) is 0 Å². The Labute approximate surface area is 113 Å². The van der Waals surface area contributed by atoms with E-state index < -0.39 is 0 Å². The first-order chi connectivity index (χ1) is 8.79. The van der Waals surface area contributed by atoms with Crippen molar-refractivity contribution in [3.8, 4) is 11.5 Å². The molecule has 1 unspecified atom stereocenters. The van der Waals surface area contributed by atoms with Crippen molar-refractivity contribution in [2.24, 2.45) is 0 Å². The monoisotopic (exact) mass is 267 g/mol. The normalized spacial score (nSPS) is 15.4. The van der Waals surface area contributed by atoms with E-state index in [9.17, 15) is 0 Å². The van der Waals surface area contributed by atoms with Crippen LogP contribution in [0.3, 0.4) is 0 Å². The maximum Gasteiger partial charge on any atom is 0.161 e. The van der Waals surface area contributed by atoms with Gasteiger partial charge in [-0.05, 0) is 36.9 Å². The average Bonchev–Trinajstić information content (AvgIpc) is 2.43. The lowest BCUT2D eigenvalue weighted by atomic mass is 10.2. The first-order valence-electron chi connectivity index (χ1n) is 6.41. The summed E-state index contributed by atoms with van der Waals surface area (Å²) in [6.45, 7) is 5.50. The van der Waals surface area contributed by atoms with Gasteiger partial charge in [-0.1, -0.05) is 13.0 Å². The van der Waals surface area contributed by atoms with Crippen molar-refractivity contribution < 1.29 is 9.47 Å². The Morgan fingerprint density at radius 1 is 1.28 bits per heavy atom. The van der Waals surface area contributed by atoms with Crippen molar-refractivity contribution >= 4 is 11.8 Å². The van der Waals surface area contributed by atoms with Crippen LogP contribution in [0.1, 0.15) is 18.9 Å². The summed E-state index contributed by atoms with van der Waals surface area (Å²) in [7, 11) is 0. The van der Waals surface area contributed by atoms with Gasteiger partial charge in [-0.25, -0.2) is 0 Å².